The van der Waals surface area contributed by atoms with Crippen molar-refractivity contribution in [2.45, 2.75) is 12.5 Å². The summed E-state index contributed by atoms with van der Waals surface area (Å²) in [6.07, 6.45) is 0.889. The van der Waals surface area contributed by atoms with Gasteiger partial charge in [-0.2, -0.15) is 0 Å². The molecule has 0 radical (unpaired) electrons. The van der Waals surface area contributed by atoms with Crippen LogP contribution in [0.5, 0.6) is 5.75 Å². The maximum atomic E-state index is 6.37. The Hall–Kier alpha value is -1.22. The molecule has 0 spiro atoms. The zero-order valence-electron chi connectivity index (χ0n) is 10.9. The normalized spacial score (nSPS) is 19.1. The van der Waals surface area contributed by atoms with Gasteiger partial charge >= 0.3 is 0 Å². The molecule has 3 rings (SSSR count). The maximum absolute atomic E-state index is 6.37. The summed E-state index contributed by atoms with van der Waals surface area (Å²) < 4.78 is 5.79. The molecule has 4 heteroatoms. The lowest BCUT2D eigenvalue weighted by Gasteiger charge is -2.30. The Kier molecular flexibility index (Phi) is 3.88. The molecule has 0 fully saturated rings. The Balaban J connectivity index is 1.85. The second-order valence-corrected chi connectivity index (χ2v) is 5.92. The molecule has 0 aliphatic carbocycles. The molecule has 2 unspecified atom stereocenters. The number of benzene rings is 2. The second-order valence-electron chi connectivity index (χ2n) is 5.07. The average Bonchev–Trinajstić information content (AvgIpc) is 2.48. The van der Waals surface area contributed by atoms with E-state index in [4.69, 9.17) is 33.7 Å². The summed E-state index contributed by atoms with van der Waals surface area (Å²) in [5, 5.41) is 1.30. The minimum atomic E-state index is -0.186. The highest BCUT2D eigenvalue weighted by atomic mass is 35.5. The summed E-state index contributed by atoms with van der Waals surface area (Å²) in [5.41, 5.74) is 8.45. The van der Waals surface area contributed by atoms with Crippen molar-refractivity contribution in [3.63, 3.8) is 0 Å². The Morgan fingerprint density at radius 2 is 1.95 bits per heavy atom. The molecule has 1 aliphatic heterocycles. The first-order valence-corrected chi connectivity index (χ1v) is 7.32. The minimum absolute atomic E-state index is 0.186. The van der Waals surface area contributed by atoms with Crippen molar-refractivity contribution in [1.82, 2.24) is 0 Å². The van der Waals surface area contributed by atoms with Crippen LogP contribution < -0.4 is 10.5 Å². The van der Waals surface area contributed by atoms with Crippen LogP contribution in [0, 0.1) is 5.92 Å². The van der Waals surface area contributed by atoms with Gasteiger partial charge in [0.05, 0.1) is 6.61 Å². The van der Waals surface area contributed by atoms with E-state index >= 15 is 0 Å². The summed E-state index contributed by atoms with van der Waals surface area (Å²) in [6.45, 7) is 0.598. The van der Waals surface area contributed by atoms with Gasteiger partial charge in [0.25, 0.3) is 0 Å². The highest BCUT2D eigenvalue weighted by Gasteiger charge is 2.27. The zero-order chi connectivity index (χ0) is 14.1. The molecule has 2 N–H and O–H groups in total. The molecule has 1 heterocycles. The number of ether oxygens (including phenoxy) is 1. The lowest BCUT2D eigenvalue weighted by Crippen LogP contribution is -2.31. The Morgan fingerprint density at radius 1 is 1.15 bits per heavy atom. The van der Waals surface area contributed by atoms with E-state index in [1.165, 1.54) is 5.56 Å². The average molecular weight is 308 g/mol. The lowest BCUT2D eigenvalue weighted by atomic mass is 9.87. The van der Waals surface area contributed by atoms with Crippen LogP contribution in [0.4, 0.5) is 0 Å². The number of nitrogens with two attached hydrogens (primary N) is 1. The van der Waals surface area contributed by atoms with E-state index in [-0.39, 0.29) is 12.0 Å². The molecule has 0 saturated carbocycles. The van der Waals surface area contributed by atoms with Crippen LogP contribution in [0.15, 0.2) is 42.5 Å². The minimum Gasteiger partial charge on any atom is -0.493 e. The molecule has 0 amide bonds. The van der Waals surface area contributed by atoms with E-state index in [0.29, 0.717) is 16.7 Å². The first-order chi connectivity index (χ1) is 9.65. The number of para-hydroxylation sites is 1. The second kappa shape index (κ2) is 5.65. The number of hydrogen-bond acceptors (Lipinski definition) is 2. The van der Waals surface area contributed by atoms with E-state index < -0.39 is 0 Å². The van der Waals surface area contributed by atoms with Crippen molar-refractivity contribution in [3.8, 4) is 5.75 Å². The predicted molar refractivity (Wildman–Crippen MR) is 82.5 cm³/mol. The van der Waals surface area contributed by atoms with Gasteiger partial charge in [-0.1, -0.05) is 41.4 Å². The van der Waals surface area contributed by atoms with Gasteiger partial charge in [0, 0.05) is 22.0 Å². The summed E-state index contributed by atoms with van der Waals surface area (Å²) >= 11 is 12.3. The van der Waals surface area contributed by atoms with Crippen LogP contribution in [0.1, 0.15) is 17.2 Å². The standard InChI is InChI=1S/C16H15Cl2NO/c17-12-5-6-14(18)13(8-12)16(19)11-7-10-3-1-2-4-15(10)20-9-11/h1-6,8,11,16H,7,9,19H2. The fourth-order valence-electron chi connectivity index (χ4n) is 2.61. The van der Waals surface area contributed by atoms with Crippen molar-refractivity contribution < 1.29 is 4.74 Å². The van der Waals surface area contributed by atoms with Crippen molar-refractivity contribution in [2.75, 3.05) is 6.61 Å². The van der Waals surface area contributed by atoms with Gasteiger partial charge in [0.2, 0.25) is 0 Å². The first-order valence-electron chi connectivity index (χ1n) is 6.56. The summed E-state index contributed by atoms with van der Waals surface area (Å²) in [4.78, 5) is 0. The van der Waals surface area contributed by atoms with Gasteiger partial charge in [-0.05, 0) is 41.8 Å². The van der Waals surface area contributed by atoms with Crippen molar-refractivity contribution in [2.24, 2.45) is 11.7 Å². The third kappa shape index (κ3) is 2.64. The summed E-state index contributed by atoms with van der Waals surface area (Å²) in [6, 6.07) is 13.3. The monoisotopic (exact) mass is 307 g/mol. The Labute approximate surface area is 128 Å². The molecule has 1 aliphatic rings. The molecule has 2 nitrogen and oxygen atoms in total. The number of fused-ring (bicyclic) bond motifs is 1. The predicted octanol–water partition coefficient (Wildman–Crippen LogP) is 4.24. The SMILES string of the molecule is NC(c1cc(Cl)ccc1Cl)C1COc2ccccc2C1. The van der Waals surface area contributed by atoms with Gasteiger partial charge in [0.15, 0.2) is 0 Å². The first kappa shape index (κ1) is 13.7. The third-order valence-corrected chi connectivity index (χ3v) is 4.31. The maximum Gasteiger partial charge on any atom is 0.122 e. The third-order valence-electron chi connectivity index (χ3n) is 3.73. The van der Waals surface area contributed by atoms with Crippen molar-refractivity contribution in [1.29, 1.82) is 0 Å². The quantitative estimate of drug-likeness (QED) is 0.900. The van der Waals surface area contributed by atoms with Gasteiger partial charge in [-0.25, -0.2) is 0 Å². The molecule has 20 heavy (non-hydrogen) atoms. The van der Waals surface area contributed by atoms with E-state index in [1.54, 1.807) is 12.1 Å². The Morgan fingerprint density at radius 3 is 2.80 bits per heavy atom. The van der Waals surface area contributed by atoms with E-state index in [2.05, 4.69) is 6.07 Å². The van der Waals surface area contributed by atoms with Gasteiger partial charge in [-0.3, -0.25) is 0 Å². The summed E-state index contributed by atoms with van der Waals surface area (Å²) in [7, 11) is 0. The molecule has 104 valence electrons. The van der Waals surface area contributed by atoms with Crippen LogP contribution >= 0.6 is 23.2 Å². The fraction of sp³-hybridized carbons (Fsp3) is 0.250. The number of halogens is 2. The summed E-state index contributed by atoms with van der Waals surface area (Å²) in [5.74, 6) is 1.15. The van der Waals surface area contributed by atoms with E-state index in [0.717, 1.165) is 17.7 Å². The van der Waals surface area contributed by atoms with Crippen LogP contribution in [0.3, 0.4) is 0 Å². The van der Waals surface area contributed by atoms with Crippen LogP contribution in [-0.4, -0.2) is 6.61 Å². The number of hydrogen-bond donors (Lipinski definition) is 1. The van der Waals surface area contributed by atoms with Crippen molar-refractivity contribution >= 4 is 23.2 Å². The molecule has 0 saturated heterocycles. The largest absolute Gasteiger partial charge is 0.493 e. The van der Waals surface area contributed by atoms with Gasteiger partial charge < -0.3 is 10.5 Å². The molecule has 0 aromatic heterocycles. The highest BCUT2D eigenvalue weighted by Crippen LogP contribution is 2.35. The zero-order valence-corrected chi connectivity index (χ0v) is 12.4. The van der Waals surface area contributed by atoms with E-state index in [9.17, 15) is 0 Å². The van der Waals surface area contributed by atoms with Gasteiger partial charge in [0.1, 0.15) is 5.75 Å². The van der Waals surface area contributed by atoms with Crippen LogP contribution in [0.2, 0.25) is 10.0 Å². The molecule has 2 aromatic rings. The van der Waals surface area contributed by atoms with E-state index in [1.807, 2.05) is 24.3 Å². The van der Waals surface area contributed by atoms with Gasteiger partial charge in [-0.15, -0.1) is 0 Å². The molecule has 2 atom stereocenters. The lowest BCUT2D eigenvalue weighted by molar-refractivity contribution is 0.200. The van der Waals surface area contributed by atoms with Crippen LogP contribution in [0.25, 0.3) is 0 Å². The van der Waals surface area contributed by atoms with Crippen molar-refractivity contribution in [3.05, 3.63) is 63.6 Å². The molecule has 2 aromatic carbocycles. The highest BCUT2D eigenvalue weighted by molar-refractivity contribution is 6.33. The molecule has 0 bridgehead atoms. The van der Waals surface area contributed by atoms with Crippen LogP contribution in [-0.2, 0) is 6.42 Å². The topological polar surface area (TPSA) is 35.2 Å². The smallest absolute Gasteiger partial charge is 0.122 e. The fourth-order valence-corrected chi connectivity index (χ4v) is 3.03. The molecular weight excluding hydrogens is 293 g/mol. The Bertz CT molecular complexity index is 630. The number of rotatable bonds is 2. The molecular formula is C16H15Cl2NO.